The zero-order valence-corrected chi connectivity index (χ0v) is 24.3. The molecule has 14 heteroatoms. The minimum absolute atomic E-state index is 0.0925. The number of aryl methyl sites for hydroxylation is 2. The molecule has 1 aromatic carbocycles. The summed E-state index contributed by atoms with van der Waals surface area (Å²) in [5.74, 6) is 0.146. The maximum Gasteiger partial charge on any atom is 0.267 e. The molecule has 41 heavy (non-hydrogen) atoms. The molecule has 0 saturated heterocycles. The number of benzene rings is 1. The van der Waals surface area contributed by atoms with Gasteiger partial charge in [-0.3, -0.25) is 24.1 Å². The van der Waals surface area contributed by atoms with Crippen LogP contribution in [0.4, 0.5) is 0 Å². The lowest BCUT2D eigenvalue weighted by Crippen LogP contribution is -2.29. The normalized spacial score (nSPS) is 11.5. The molecule has 0 aliphatic heterocycles. The predicted octanol–water partition coefficient (Wildman–Crippen LogP) is 3.98. The van der Waals surface area contributed by atoms with Gasteiger partial charge < -0.3 is 4.74 Å². The number of nitriles is 1. The van der Waals surface area contributed by atoms with Gasteiger partial charge in [-0.15, -0.1) is 11.3 Å². The zero-order valence-electron chi connectivity index (χ0n) is 21.9. The fraction of sp³-hybridized carbons (Fsp3) is 0.185. The van der Waals surface area contributed by atoms with E-state index >= 15 is 0 Å². The lowest BCUT2D eigenvalue weighted by Gasteiger charge is -2.15. The third-order valence-corrected chi connectivity index (χ3v) is 7.95. The standard InChI is InChI=1S/C27H21ClN6O5S2/c1-14-8-19(25-24(31-14)20(13-40-25)26(35)33-41(3,37)38)18-9-17(28)4-5-22(18)39-7-6-34-15(2)32-21-12-30-11-16(10-29)23(21)27(34)36/h4-5,8-9,11-13H,6-7H2,1-3H3,(H,33,35). The SMILES string of the molecule is Cc1cc(-c2cc(Cl)ccc2OCCn2c(C)nc3cncc(C#N)c3c2=O)c2scc(C(=O)NS(C)(=O)=O)c2n1. The summed E-state index contributed by atoms with van der Waals surface area (Å²) in [6.45, 7) is 3.70. The number of aromatic nitrogens is 4. The van der Waals surface area contributed by atoms with Gasteiger partial charge >= 0.3 is 0 Å². The Hall–Kier alpha value is -4.38. The first kappa shape index (κ1) is 28.2. The summed E-state index contributed by atoms with van der Waals surface area (Å²) in [5, 5.41) is 11.6. The first-order valence-electron chi connectivity index (χ1n) is 12.1. The van der Waals surface area contributed by atoms with E-state index < -0.39 is 15.9 Å². The van der Waals surface area contributed by atoms with Crippen LogP contribution in [0.3, 0.4) is 0 Å². The van der Waals surface area contributed by atoms with Crippen LogP contribution in [-0.4, -0.2) is 46.7 Å². The number of pyridine rings is 2. The summed E-state index contributed by atoms with van der Waals surface area (Å²) in [5.41, 5.74) is 2.53. The highest BCUT2D eigenvalue weighted by Gasteiger charge is 2.21. The van der Waals surface area contributed by atoms with Gasteiger partial charge in [-0.2, -0.15) is 5.26 Å². The molecule has 0 spiro atoms. The number of amides is 1. The maximum absolute atomic E-state index is 13.2. The number of carbonyl (C=O) groups is 1. The molecule has 4 aromatic heterocycles. The fourth-order valence-corrected chi connectivity index (χ4v) is 6.07. The topological polar surface area (TPSA) is 157 Å². The Morgan fingerprint density at radius 2 is 1.98 bits per heavy atom. The summed E-state index contributed by atoms with van der Waals surface area (Å²) in [4.78, 5) is 38.8. The van der Waals surface area contributed by atoms with Crippen LogP contribution in [0.5, 0.6) is 5.75 Å². The van der Waals surface area contributed by atoms with Gasteiger partial charge in [-0.05, 0) is 38.1 Å². The molecule has 0 radical (unpaired) electrons. The maximum atomic E-state index is 13.2. The van der Waals surface area contributed by atoms with Gasteiger partial charge in [0.05, 0.1) is 51.2 Å². The molecule has 1 amide bonds. The Kier molecular flexibility index (Phi) is 7.48. The molecule has 11 nitrogen and oxygen atoms in total. The number of nitrogens with zero attached hydrogens (tertiary/aromatic N) is 5. The average Bonchev–Trinajstić information content (AvgIpc) is 3.33. The van der Waals surface area contributed by atoms with Crippen molar-refractivity contribution in [2.75, 3.05) is 12.9 Å². The van der Waals surface area contributed by atoms with E-state index in [1.807, 2.05) is 16.9 Å². The van der Waals surface area contributed by atoms with Crippen LogP contribution in [0.15, 0.2) is 46.8 Å². The van der Waals surface area contributed by atoms with E-state index in [0.29, 0.717) is 49.2 Å². The van der Waals surface area contributed by atoms with Crippen LogP contribution in [0.2, 0.25) is 5.02 Å². The molecule has 0 atom stereocenters. The van der Waals surface area contributed by atoms with E-state index in [1.54, 1.807) is 37.4 Å². The predicted molar refractivity (Wildman–Crippen MR) is 156 cm³/mol. The van der Waals surface area contributed by atoms with E-state index in [0.717, 1.165) is 6.26 Å². The second-order valence-electron chi connectivity index (χ2n) is 9.14. The lowest BCUT2D eigenvalue weighted by atomic mass is 10.0. The van der Waals surface area contributed by atoms with E-state index in [4.69, 9.17) is 16.3 Å². The number of carbonyl (C=O) groups excluding carboxylic acids is 1. The van der Waals surface area contributed by atoms with E-state index in [9.17, 15) is 23.3 Å². The molecule has 5 aromatic rings. The molecule has 0 saturated carbocycles. The van der Waals surface area contributed by atoms with Crippen molar-refractivity contribution in [3.63, 3.8) is 0 Å². The highest BCUT2D eigenvalue weighted by Crippen LogP contribution is 2.40. The van der Waals surface area contributed by atoms with Crippen molar-refractivity contribution in [2.24, 2.45) is 0 Å². The monoisotopic (exact) mass is 608 g/mol. The van der Waals surface area contributed by atoms with Gasteiger partial charge in [0.2, 0.25) is 10.0 Å². The number of rotatable bonds is 7. The van der Waals surface area contributed by atoms with Crippen molar-refractivity contribution in [1.29, 1.82) is 5.26 Å². The Labute approximate surface area is 243 Å². The van der Waals surface area contributed by atoms with Crippen molar-refractivity contribution in [3.05, 3.63) is 80.1 Å². The fourth-order valence-electron chi connectivity index (χ4n) is 4.43. The van der Waals surface area contributed by atoms with Crippen molar-refractivity contribution in [1.82, 2.24) is 24.2 Å². The van der Waals surface area contributed by atoms with Crippen LogP contribution in [0.1, 0.15) is 27.4 Å². The number of hydrogen-bond acceptors (Lipinski definition) is 10. The Morgan fingerprint density at radius 1 is 1.20 bits per heavy atom. The summed E-state index contributed by atoms with van der Waals surface area (Å²) in [6.07, 6.45) is 3.69. The minimum atomic E-state index is -3.77. The number of thiophene rings is 1. The number of nitrogens with one attached hydrogen (secondary N) is 1. The second kappa shape index (κ2) is 10.9. The highest BCUT2D eigenvalue weighted by atomic mass is 35.5. The van der Waals surface area contributed by atoms with Gasteiger partial charge in [-0.25, -0.2) is 18.1 Å². The third kappa shape index (κ3) is 5.62. The first-order chi connectivity index (χ1) is 19.5. The smallest absolute Gasteiger partial charge is 0.267 e. The van der Waals surface area contributed by atoms with Crippen LogP contribution < -0.4 is 15.0 Å². The van der Waals surface area contributed by atoms with Crippen molar-refractivity contribution >= 4 is 60.0 Å². The average molecular weight is 609 g/mol. The minimum Gasteiger partial charge on any atom is -0.491 e. The van der Waals surface area contributed by atoms with Crippen LogP contribution in [0.25, 0.3) is 32.2 Å². The van der Waals surface area contributed by atoms with E-state index in [-0.39, 0.29) is 35.2 Å². The van der Waals surface area contributed by atoms with E-state index in [1.165, 1.54) is 28.3 Å². The van der Waals surface area contributed by atoms with Gasteiger partial charge in [0, 0.05) is 33.4 Å². The molecule has 4 heterocycles. The summed E-state index contributed by atoms with van der Waals surface area (Å²) in [6, 6.07) is 8.92. The molecule has 0 aliphatic rings. The quantitative estimate of drug-likeness (QED) is 0.288. The Balaban J connectivity index is 1.50. The van der Waals surface area contributed by atoms with E-state index in [2.05, 4.69) is 15.0 Å². The molecule has 0 fully saturated rings. The number of sulfonamides is 1. The van der Waals surface area contributed by atoms with Gasteiger partial charge in [0.1, 0.15) is 24.3 Å². The van der Waals surface area contributed by atoms with Crippen molar-refractivity contribution < 1.29 is 17.9 Å². The van der Waals surface area contributed by atoms with Gasteiger partial charge in [-0.1, -0.05) is 11.6 Å². The van der Waals surface area contributed by atoms with Crippen molar-refractivity contribution in [3.8, 4) is 22.9 Å². The molecular weight excluding hydrogens is 588 g/mol. The summed E-state index contributed by atoms with van der Waals surface area (Å²) >= 11 is 7.60. The molecular formula is C27H21ClN6O5S2. The largest absolute Gasteiger partial charge is 0.491 e. The number of ether oxygens (including phenoxy) is 1. The van der Waals surface area contributed by atoms with Crippen LogP contribution in [-0.2, 0) is 16.6 Å². The highest BCUT2D eigenvalue weighted by molar-refractivity contribution is 7.89. The van der Waals surface area contributed by atoms with Crippen LogP contribution in [0, 0.1) is 25.2 Å². The van der Waals surface area contributed by atoms with Gasteiger partial charge in [0.25, 0.3) is 11.5 Å². The number of halogens is 1. The Morgan fingerprint density at radius 3 is 2.71 bits per heavy atom. The molecule has 0 bridgehead atoms. The molecule has 1 N–H and O–H groups in total. The first-order valence-corrected chi connectivity index (χ1v) is 15.2. The molecule has 5 rings (SSSR count). The third-order valence-electron chi connectivity index (χ3n) is 6.16. The van der Waals surface area contributed by atoms with Crippen LogP contribution >= 0.6 is 22.9 Å². The molecule has 0 aliphatic carbocycles. The van der Waals surface area contributed by atoms with Gasteiger partial charge in [0.15, 0.2) is 0 Å². The number of hydrogen-bond donors (Lipinski definition) is 1. The summed E-state index contributed by atoms with van der Waals surface area (Å²) < 4.78 is 33.5. The zero-order chi connectivity index (χ0) is 29.5. The number of fused-ring (bicyclic) bond motifs is 2. The lowest BCUT2D eigenvalue weighted by molar-refractivity contribution is 0.0983. The second-order valence-corrected chi connectivity index (χ2v) is 12.2. The van der Waals surface area contributed by atoms with Crippen molar-refractivity contribution in [2.45, 2.75) is 20.4 Å². The molecule has 208 valence electrons. The summed E-state index contributed by atoms with van der Waals surface area (Å²) in [7, 11) is -3.77. The Bertz CT molecular complexity index is 2080. The molecule has 0 unspecified atom stereocenters.